The van der Waals surface area contributed by atoms with E-state index in [4.69, 9.17) is 4.74 Å². The van der Waals surface area contributed by atoms with Crippen molar-refractivity contribution in [3.05, 3.63) is 30.3 Å². The molecular formula is C15H21NO2S. The largest absolute Gasteiger partial charge is 0.467 e. The number of methoxy groups -OCH3 is 1. The highest BCUT2D eigenvalue weighted by molar-refractivity contribution is 7.99. The Morgan fingerprint density at radius 2 is 2.00 bits per heavy atom. The third kappa shape index (κ3) is 2.59. The third-order valence-corrected chi connectivity index (χ3v) is 5.14. The Labute approximate surface area is 119 Å². The molecule has 1 aromatic rings. The smallest absolute Gasteiger partial charge is 0.332 e. The van der Waals surface area contributed by atoms with Crippen LogP contribution in [0.25, 0.3) is 0 Å². The summed E-state index contributed by atoms with van der Waals surface area (Å²) in [6.45, 7) is 4.28. The molecule has 1 aliphatic heterocycles. The summed E-state index contributed by atoms with van der Waals surface area (Å²) in [5.41, 5.74) is 0.163. The Hall–Kier alpha value is -1.16. The van der Waals surface area contributed by atoms with Crippen molar-refractivity contribution in [2.24, 2.45) is 5.41 Å². The molecule has 1 heterocycles. The first-order valence-electron chi connectivity index (χ1n) is 6.51. The molecule has 4 heteroatoms. The van der Waals surface area contributed by atoms with Gasteiger partial charge in [0, 0.05) is 16.9 Å². The van der Waals surface area contributed by atoms with E-state index in [0.29, 0.717) is 0 Å². The Kier molecular flexibility index (Phi) is 4.09. The number of rotatable bonds is 3. The van der Waals surface area contributed by atoms with Crippen molar-refractivity contribution in [1.82, 2.24) is 0 Å². The van der Waals surface area contributed by atoms with Gasteiger partial charge in [-0.3, -0.25) is 0 Å². The van der Waals surface area contributed by atoms with Crippen LogP contribution in [0.1, 0.15) is 20.3 Å². The van der Waals surface area contributed by atoms with Crippen molar-refractivity contribution < 1.29 is 9.53 Å². The second-order valence-electron chi connectivity index (χ2n) is 5.57. The van der Waals surface area contributed by atoms with Gasteiger partial charge in [-0.25, -0.2) is 4.79 Å². The van der Waals surface area contributed by atoms with E-state index in [-0.39, 0.29) is 11.4 Å². The summed E-state index contributed by atoms with van der Waals surface area (Å²) < 4.78 is 5.09. The van der Waals surface area contributed by atoms with Gasteiger partial charge >= 0.3 is 5.97 Å². The number of carbonyl (C=O) groups is 1. The van der Waals surface area contributed by atoms with Crippen LogP contribution in [-0.4, -0.2) is 30.1 Å². The Morgan fingerprint density at radius 3 is 2.58 bits per heavy atom. The molecule has 0 amide bonds. The predicted molar refractivity (Wildman–Crippen MR) is 80.5 cm³/mol. The maximum Gasteiger partial charge on any atom is 0.332 e. The van der Waals surface area contributed by atoms with Gasteiger partial charge < -0.3 is 10.1 Å². The van der Waals surface area contributed by atoms with E-state index in [1.54, 1.807) is 11.8 Å². The molecule has 0 spiro atoms. The predicted octanol–water partition coefficient (Wildman–Crippen LogP) is 3.17. The van der Waals surface area contributed by atoms with Gasteiger partial charge in [0.1, 0.15) is 5.54 Å². The molecule has 0 bridgehead atoms. The molecule has 1 unspecified atom stereocenters. The zero-order valence-electron chi connectivity index (χ0n) is 11.7. The molecule has 1 aliphatic rings. The van der Waals surface area contributed by atoms with Crippen LogP contribution in [0.2, 0.25) is 0 Å². The summed E-state index contributed by atoms with van der Waals surface area (Å²) in [7, 11) is 1.46. The number of nitrogens with one attached hydrogen (secondary N) is 1. The Bertz CT molecular complexity index is 447. The fourth-order valence-corrected chi connectivity index (χ4v) is 4.18. The normalized spacial score (nSPS) is 25.6. The lowest BCUT2D eigenvalue weighted by atomic mass is 9.70. The van der Waals surface area contributed by atoms with Crippen molar-refractivity contribution in [2.75, 3.05) is 23.9 Å². The lowest BCUT2D eigenvalue weighted by Gasteiger charge is -2.48. The van der Waals surface area contributed by atoms with Gasteiger partial charge in [0.25, 0.3) is 0 Å². The highest BCUT2D eigenvalue weighted by Gasteiger charge is 2.53. The van der Waals surface area contributed by atoms with Crippen LogP contribution in [-0.2, 0) is 9.53 Å². The highest BCUT2D eigenvalue weighted by atomic mass is 32.2. The number of para-hydroxylation sites is 1. The zero-order valence-corrected chi connectivity index (χ0v) is 12.5. The monoisotopic (exact) mass is 279 g/mol. The van der Waals surface area contributed by atoms with E-state index in [2.05, 4.69) is 19.2 Å². The van der Waals surface area contributed by atoms with Crippen molar-refractivity contribution in [2.45, 2.75) is 25.8 Å². The minimum atomic E-state index is -0.661. The molecule has 2 rings (SSSR count). The molecule has 19 heavy (non-hydrogen) atoms. The molecule has 3 nitrogen and oxygen atoms in total. The van der Waals surface area contributed by atoms with Crippen molar-refractivity contribution in [1.29, 1.82) is 0 Å². The van der Waals surface area contributed by atoms with Crippen molar-refractivity contribution in [3.8, 4) is 0 Å². The lowest BCUT2D eigenvalue weighted by Crippen LogP contribution is -2.61. The number of hydrogen-bond acceptors (Lipinski definition) is 4. The van der Waals surface area contributed by atoms with Gasteiger partial charge in [0.2, 0.25) is 0 Å². The first-order chi connectivity index (χ1) is 9.02. The van der Waals surface area contributed by atoms with E-state index in [0.717, 1.165) is 23.6 Å². The van der Waals surface area contributed by atoms with Gasteiger partial charge in [-0.15, -0.1) is 0 Å². The maximum absolute atomic E-state index is 12.4. The molecule has 0 saturated carbocycles. The van der Waals surface area contributed by atoms with E-state index in [1.807, 2.05) is 30.3 Å². The standard InChI is InChI=1S/C15H21NO2S/c1-14(2)9-10-19-11-15(14,13(17)18-3)16-12-7-5-4-6-8-12/h4-8,16H,9-11H2,1-3H3. The summed E-state index contributed by atoms with van der Waals surface area (Å²) in [4.78, 5) is 12.4. The zero-order chi connectivity index (χ0) is 13.9. The molecule has 1 aromatic carbocycles. The average molecular weight is 279 g/mol. The first-order valence-corrected chi connectivity index (χ1v) is 7.67. The van der Waals surface area contributed by atoms with Crippen LogP contribution in [0.15, 0.2) is 30.3 Å². The quantitative estimate of drug-likeness (QED) is 0.863. The number of esters is 1. The van der Waals surface area contributed by atoms with Gasteiger partial charge in [0.15, 0.2) is 0 Å². The number of benzene rings is 1. The van der Waals surface area contributed by atoms with E-state index < -0.39 is 5.54 Å². The summed E-state index contributed by atoms with van der Waals surface area (Å²) in [6.07, 6.45) is 0.993. The fourth-order valence-electron chi connectivity index (χ4n) is 2.49. The average Bonchev–Trinajstić information content (AvgIpc) is 2.41. The second-order valence-corrected chi connectivity index (χ2v) is 6.68. The van der Waals surface area contributed by atoms with Crippen LogP contribution in [0.4, 0.5) is 5.69 Å². The molecule has 1 fully saturated rings. The van der Waals surface area contributed by atoms with E-state index in [1.165, 1.54) is 7.11 Å². The van der Waals surface area contributed by atoms with E-state index >= 15 is 0 Å². The van der Waals surface area contributed by atoms with E-state index in [9.17, 15) is 4.79 Å². The van der Waals surface area contributed by atoms with Crippen LogP contribution in [0, 0.1) is 5.41 Å². The lowest BCUT2D eigenvalue weighted by molar-refractivity contribution is -0.149. The third-order valence-electron chi connectivity index (χ3n) is 4.01. The molecule has 1 atom stereocenters. The maximum atomic E-state index is 12.4. The molecule has 1 saturated heterocycles. The van der Waals surface area contributed by atoms with Crippen molar-refractivity contribution in [3.63, 3.8) is 0 Å². The summed E-state index contributed by atoms with van der Waals surface area (Å²) in [5.74, 6) is 1.65. The number of ether oxygens (including phenoxy) is 1. The van der Waals surface area contributed by atoms with Crippen molar-refractivity contribution >= 4 is 23.4 Å². The van der Waals surface area contributed by atoms with Gasteiger partial charge in [0.05, 0.1) is 7.11 Å². The highest BCUT2D eigenvalue weighted by Crippen LogP contribution is 2.45. The summed E-state index contributed by atoms with van der Waals surface area (Å²) in [6, 6.07) is 9.88. The Morgan fingerprint density at radius 1 is 1.32 bits per heavy atom. The molecule has 0 aromatic heterocycles. The SMILES string of the molecule is COC(=O)C1(Nc2ccccc2)CSCCC1(C)C. The van der Waals surface area contributed by atoms with Crippen LogP contribution >= 0.6 is 11.8 Å². The van der Waals surface area contributed by atoms with Gasteiger partial charge in [-0.05, 0) is 24.3 Å². The van der Waals surface area contributed by atoms with Crippen LogP contribution in [0.3, 0.4) is 0 Å². The number of carbonyl (C=O) groups excluding carboxylic acids is 1. The molecule has 1 N–H and O–H groups in total. The topological polar surface area (TPSA) is 38.3 Å². The minimum absolute atomic E-state index is 0.138. The molecule has 0 radical (unpaired) electrons. The number of thioether (sulfide) groups is 1. The number of hydrogen-bond donors (Lipinski definition) is 1. The van der Waals surface area contributed by atoms with Gasteiger partial charge in [-0.2, -0.15) is 11.8 Å². The Balaban J connectivity index is 2.37. The number of anilines is 1. The first kappa shape index (κ1) is 14.3. The molecule has 0 aliphatic carbocycles. The van der Waals surface area contributed by atoms with Gasteiger partial charge in [-0.1, -0.05) is 32.0 Å². The molecule has 104 valence electrons. The summed E-state index contributed by atoms with van der Waals surface area (Å²) in [5, 5.41) is 3.44. The second kappa shape index (κ2) is 5.45. The van der Waals surface area contributed by atoms with Crippen LogP contribution in [0.5, 0.6) is 0 Å². The van der Waals surface area contributed by atoms with Crippen LogP contribution < -0.4 is 5.32 Å². The fraction of sp³-hybridized carbons (Fsp3) is 0.533. The minimum Gasteiger partial charge on any atom is -0.467 e. The summed E-state index contributed by atoms with van der Waals surface area (Å²) >= 11 is 1.80. The molecular weight excluding hydrogens is 258 g/mol.